The molecule has 1 aromatic rings. The number of anilines is 2. The van der Waals surface area contributed by atoms with Crippen LogP contribution in [0.4, 0.5) is 11.4 Å². The average Bonchev–Trinajstić information content (AvgIpc) is 3.28. The molecule has 2 aliphatic rings. The molecule has 0 spiro atoms. The Morgan fingerprint density at radius 2 is 1.95 bits per heavy atom. The molecule has 3 rings (SSSR count). The van der Waals surface area contributed by atoms with Crippen molar-refractivity contribution in [2.24, 2.45) is 11.8 Å². The molecule has 0 atom stereocenters. The predicted molar refractivity (Wildman–Crippen MR) is 75.1 cm³/mol. The van der Waals surface area contributed by atoms with Gasteiger partial charge >= 0.3 is 5.97 Å². The molecule has 0 heterocycles. The molecule has 0 amide bonds. The third-order valence-corrected chi connectivity index (χ3v) is 4.07. The minimum atomic E-state index is -0.333. The van der Waals surface area contributed by atoms with E-state index in [1.54, 1.807) is 12.1 Å². The fraction of sp³-hybridized carbons (Fsp3) is 0.533. The van der Waals surface area contributed by atoms with Gasteiger partial charge in [-0.25, -0.2) is 4.79 Å². The van der Waals surface area contributed by atoms with Gasteiger partial charge in [0, 0.05) is 6.04 Å². The molecule has 0 unspecified atom stereocenters. The van der Waals surface area contributed by atoms with Gasteiger partial charge in [-0.1, -0.05) is 6.07 Å². The predicted octanol–water partition coefficient (Wildman–Crippen LogP) is 2.66. The Morgan fingerprint density at radius 1 is 1.32 bits per heavy atom. The molecular weight excluding hydrogens is 240 g/mol. The van der Waals surface area contributed by atoms with E-state index in [9.17, 15) is 4.79 Å². The number of methoxy groups -OCH3 is 1. The van der Waals surface area contributed by atoms with Crippen molar-refractivity contribution in [1.29, 1.82) is 0 Å². The van der Waals surface area contributed by atoms with Crippen molar-refractivity contribution in [3.8, 4) is 0 Å². The maximum absolute atomic E-state index is 11.8. The van der Waals surface area contributed by atoms with Gasteiger partial charge in [-0.2, -0.15) is 0 Å². The number of rotatable bonds is 5. The zero-order chi connectivity index (χ0) is 13.4. The van der Waals surface area contributed by atoms with E-state index in [1.165, 1.54) is 32.8 Å². The highest BCUT2D eigenvalue weighted by Crippen LogP contribution is 2.46. The molecular formula is C15H20N2O2. The van der Waals surface area contributed by atoms with Gasteiger partial charge < -0.3 is 15.8 Å². The molecule has 0 aliphatic heterocycles. The van der Waals surface area contributed by atoms with E-state index in [-0.39, 0.29) is 5.97 Å². The molecule has 2 saturated carbocycles. The molecule has 0 bridgehead atoms. The maximum Gasteiger partial charge on any atom is 0.340 e. The Balaban J connectivity index is 1.87. The zero-order valence-electron chi connectivity index (χ0n) is 11.2. The average molecular weight is 260 g/mol. The molecule has 0 saturated heterocycles. The highest BCUT2D eigenvalue weighted by Gasteiger charge is 2.42. The van der Waals surface area contributed by atoms with Crippen molar-refractivity contribution in [1.82, 2.24) is 0 Å². The molecule has 19 heavy (non-hydrogen) atoms. The Bertz CT molecular complexity index is 481. The van der Waals surface area contributed by atoms with E-state index < -0.39 is 0 Å². The van der Waals surface area contributed by atoms with Crippen LogP contribution in [0.15, 0.2) is 18.2 Å². The highest BCUT2D eigenvalue weighted by molar-refractivity contribution is 5.98. The zero-order valence-corrected chi connectivity index (χ0v) is 11.2. The summed E-state index contributed by atoms with van der Waals surface area (Å²) < 4.78 is 4.83. The summed E-state index contributed by atoms with van der Waals surface area (Å²) in [6.45, 7) is 0. The number of nitrogens with one attached hydrogen (secondary N) is 1. The maximum atomic E-state index is 11.8. The summed E-state index contributed by atoms with van der Waals surface area (Å²) in [6.07, 6.45) is 5.14. The molecule has 0 aromatic heterocycles. The minimum absolute atomic E-state index is 0.333. The first-order valence-corrected chi connectivity index (χ1v) is 6.94. The number of hydrogen-bond acceptors (Lipinski definition) is 4. The Kier molecular flexibility index (Phi) is 3.09. The molecule has 3 N–H and O–H groups in total. The molecule has 2 fully saturated rings. The molecule has 102 valence electrons. The Morgan fingerprint density at radius 3 is 2.47 bits per heavy atom. The molecule has 2 aliphatic carbocycles. The first-order valence-electron chi connectivity index (χ1n) is 6.94. The lowest BCUT2D eigenvalue weighted by molar-refractivity contribution is 0.0602. The van der Waals surface area contributed by atoms with Crippen molar-refractivity contribution >= 4 is 17.3 Å². The van der Waals surface area contributed by atoms with Gasteiger partial charge in [-0.3, -0.25) is 0 Å². The van der Waals surface area contributed by atoms with Crippen molar-refractivity contribution in [2.45, 2.75) is 31.7 Å². The van der Waals surface area contributed by atoms with Crippen LogP contribution in [0.5, 0.6) is 0 Å². The van der Waals surface area contributed by atoms with E-state index in [1.807, 2.05) is 6.07 Å². The number of benzene rings is 1. The van der Waals surface area contributed by atoms with Gasteiger partial charge in [0.2, 0.25) is 0 Å². The monoisotopic (exact) mass is 260 g/mol. The number of carbonyl (C=O) groups is 1. The lowest BCUT2D eigenvalue weighted by Crippen LogP contribution is -2.26. The van der Waals surface area contributed by atoms with E-state index in [0.29, 0.717) is 17.3 Å². The van der Waals surface area contributed by atoms with Crippen molar-refractivity contribution in [2.75, 3.05) is 18.2 Å². The SMILES string of the molecule is COC(=O)c1cccc(N)c1NC(C1CC1)C1CC1. The molecule has 4 nitrogen and oxygen atoms in total. The summed E-state index contributed by atoms with van der Waals surface area (Å²) in [5.74, 6) is 1.16. The largest absolute Gasteiger partial charge is 0.465 e. The summed E-state index contributed by atoms with van der Waals surface area (Å²) in [7, 11) is 1.40. The highest BCUT2D eigenvalue weighted by atomic mass is 16.5. The third kappa shape index (κ3) is 2.53. The lowest BCUT2D eigenvalue weighted by atomic mass is 10.0. The van der Waals surface area contributed by atoms with Gasteiger partial charge in [0.15, 0.2) is 0 Å². The summed E-state index contributed by atoms with van der Waals surface area (Å²) in [6, 6.07) is 5.84. The van der Waals surface area contributed by atoms with Crippen LogP contribution < -0.4 is 11.1 Å². The van der Waals surface area contributed by atoms with Crippen LogP contribution in [0.2, 0.25) is 0 Å². The topological polar surface area (TPSA) is 64.3 Å². The van der Waals surface area contributed by atoms with Crippen LogP contribution in [0.25, 0.3) is 0 Å². The van der Waals surface area contributed by atoms with Crippen LogP contribution >= 0.6 is 0 Å². The number of nitrogen functional groups attached to an aromatic ring is 1. The number of para-hydroxylation sites is 1. The number of nitrogens with two attached hydrogens (primary N) is 1. The quantitative estimate of drug-likeness (QED) is 0.631. The first-order chi connectivity index (χ1) is 9.20. The van der Waals surface area contributed by atoms with Crippen molar-refractivity contribution in [3.63, 3.8) is 0 Å². The first kappa shape index (κ1) is 12.3. The van der Waals surface area contributed by atoms with Crippen LogP contribution in [0.3, 0.4) is 0 Å². The van der Waals surface area contributed by atoms with Gasteiger partial charge in [0.05, 0.1) is 24.0 Å². The van der Waals surface area contributed by atoms with Gasteiger partial charge in [0.25, 0.3) is 0 Å². The van der Waals surface area contributed by atoms with Crippen LogP contribution in [-0.2, 0) is 4.74 Å². The van der Waals surface area contributed by atoms with Gasteiger partial charge in [-0.15, -0.1) is 0 Å². The second kappa shape index (κ2) is 4.76. The number of carbonyl (C=O) groups excluding carboxylic acids is 1. The van der Waals surface area contributed by atoms with Crippen LogP contribution in [0, 0.1) is 11.8 Å². The summed E-state index contributed by atoms with van der Waals surface area (Å²) >= 11 is 0. The molecule has 1 aromatic carbocycles. The van der Waals surface area contributed by atoms with E-state index in [2.05, 4.69) is 5.32 Å². The summed E-state index contributed by atoms with van der Waals surface area (Å²) in [5, 5.41) is 3.53. The molecule has 0 radical (unpaired) electrons. The second-order valence-corrected chi connectivity index (χ2v) is 5.61. The Labute approximate surface area is 113 Å². The second-order valence-electron chi connectivity index (χ2n) is 5.61. The number of ether oxygens (including phenoxy) is 1. The normalized spacial score (nSPS) is 18.4. The summed E-state index contributed by atoms with van der Waals surface area (Å²) in [4.78, 5) is 11.8. The lowest BCUT2D eigenvalue weighted by Gasteiger charge is -2.22. The fourth-order valence-corrected chi connectivity index (χ4v) is 2.71. The van der Waals surface area contributed by atoms with E-state index >= 15 is 0 Å². The molecule has 4 heteroatoms. The van der Waals surface area contributed by atoms with Gasteiger partial charge in [0.1, 0.15) is 0 Å². The Hall–Kier alpha value is -1.71. The summed E-state index contributed by atoms with van der Waals surface area (Å²) in [5.41, 5.74) is 7.94. The fourth-order valence-electron chi connectivity index (χ4n) is 2.71. The van der Waals surface area contributed by atoms with Gasteiger partial charge in [-0.05, 0) is 49.7 Å². The third-order valence-electron chi connectivity index (χ3n) is 4.07. The van der Waals surface area contributed by atoms with E-state index in [4.69, 9.17) is 10.5 Å². The van der Waals surface area contributed by atoms with Crippen LogP contribution in [-0.4, -0.2) is 19.1 Å². The minimum Gasteiger partial charge on any atom is -0.465 e. The van der Waals surface area contributed by atoms with Crippen molar-refractivity contribution in [3.05, 3.63) is 23.8 Å². The van der Waals surface area contributed by atoms with Crippen LogP contribution in [0.1, 0.15) is 36.0 Å². The standard InChI is InChI=1S/C15H20N2O2/c1-19-15(18)11-3-2-4-12(16)14(11)17-13(9-5-6-9)10-7-8-10/h2-4,9-10,13,17H,5-8,16H2,1H3. The number of hydrogen-bond donors (Lipinski definition) is 2. The van der Waals surface area contributed by atoms with E-state index in [0.717, 1.165) is 17.5 Å². The van der Waals surface area contributed by atoms with Crippen molar-refractivity contribution < 1.29 is 9.53 Å². The number of esters is 1. The smallest absolute Gasteiger partial charge is 0.340 e.